The topological polar surface area (TPSA) is 89.6 Å². The first-order valence-corrected chi connectivity index (χ1v) is 12.9. The zero-order valence-corrected chi connectivity index (χ0v) is 21.6. The number of nitrogens with zero attached hydrogens (tertiary/aromatic N) is 4. The maximum absolute atomic E-state index is 13.9. The van der Waals surface area contributed by atoms with Gasteiger partial charge in [0.25, 0.3) is 5.56 Å². The van der Waals surface area contributed by atoms with Gasteiger partial charge in [-0.25, -0.2) is 4.98 Å². The number of para-hydroxylation sites is 1. The van der Waals surface area contributed by atoms with Crippen molar-refractivity contribution in [2.75, 3.05) is 6.54 Å². The van der Waals surface area contributed by atoms with Gasteiger partial charge in [0.05, 0.1) is 32.7 Å². The van der Waals surface area contributed by atoms with E-state index in [4.69, 9.17) is 39.2 Å². The van der Waals surface area contributed by atoms with E-state index >= 15 is 0 Å². The lowest BCUT2D eigenvalue weighted by atomic mass is 10.1. The summed E-state index contributed by atoms with van der Waals surface area (Å²) in [7, 11) is 0. The minimum Gasteiger partial charge on any atom is -0.342 e. The minimum absolute atomic E-state index is 0.167. The van der Waals surface area contributed by atoms with E-state index < -0.39 is 0 Å². The molecule has 0 radical (unpaired) electrons. The Morgan fingerprint density at radius 3 is 2.46 bits per heavy atom. The highest BCUT2D eigenvalue weighted by atomic mass is 35.5. The Kier molecular flexibility index (Phi) is 7.29. The number of nitrogens with two attached hydrogens (primary N) is 1. The van der Waals surface area contributed by atoms with E-state index in [-0.39, 0.29) is 5.56 Å². The second-order valence-corrected chi connectivity index (χ2v) is 9.83. The first-order chi connectivity index (χ1) is 18.0. The Balaban J connectivity index is 1.66. The molecular weight excluding hydrogens is 505 g/mol. The highest BCUT2D eigenvalue weighted by molar-refractivity contribution is 6.42. The number of benzene rings is 3. The van der Waals surface area contributed by atoms with Gasteiger partial charge in [0, 0.05) is 35.8 Å². The summed E-state index contributed by atoms with van der Waals surface area (Å²) in [5.41, 5.74) is 10.6. The van der Waals surface area contributed by atoms with Gasteiger partial charge >= 0.3 is 0 Å². The molecule has 0 saturated heterocycles. The van der Waals surface area contributed by atoms with Crippen LogP contribution in [0.5, 0.6) is 0 Å². The first kappa shape index (κ1) is 25.0. The van der Waals surface area contributed by atoms with Gasteiger partial charge in [0.1, 0.15) is 5.69 Å². The van der Waals surface area contributed by atoms with Gasteiger partial charge in [-0.15, -0.1) is 0 Å². The van der Waals surface area contributed by atoms with Crippen molar-refractivity contribution in [2.24, 2.45) is 5.73 Å². The van der Waals surface area contributed by atoms with Crippen molar-refractivity contribution < 1.29 is 0 Å². The average Bonchev–Trinajstić information content (AvgIpc) is 3.27. The van der Waals surface area contributed by atoms with Gasteiger partial charge in [0.2, 0.25) is 0 Å². The van der Waals surface area contributed by atoms with E-state index in [1.807, 2.05) is 54.7 Å². The van der Waals surface area contributed by atoms with Crippen molar-refractivity contribution in [1.29, 1.82) is 5.26 Å². The van der Waals surface area contributed by atoms with Crippen LogP contribution in [0.15, 0.2) is 71.7 Å². The van der Waals surface area contributed by atoms with Crippen LogP contribution in [0.1, 0.15) is 30.4 Å². The fourth-order valence-electron chi connectivity index (χ4n) is 4.67. The van der Waals surface area contributed by atoms with Crippen LogP contribution in [0.25, 0.3) is 33.2 Å². The maximum Gasteiger partial charge on any atom is 0.277 e. The molecule has 0 atom stereocenters. The Morgan fingerprint density at radius 1 is 0.946 bits per heavy atom. The number of rotatable bonds is 8. The van der Waals surface area contributed by atoms with Gasteiger partial charge in [-0.2, -0.15) is 5.26 Å². The Hall–Kier alpha value is -3.63. The Labute approximate surface area is 224 Å². The number of aromatic nitrogens is 3. The van der Waals surface area contributed by atoms with Crippen molar-refractivity contribution in [2.45, 2.75) is 32.4 Å². The standard InChI is InChI=1S/C29H25Cl2N5O/c30-23-14-25-27(15-24(23)31)36(13-5-1-4-12-32)29(37)28(34-25)22-18-35(26-7-3-2-6-21(22)26)17-20-10-8-19(16-33)9-11-20/h2-3,6-11,14-15,18H,1,4-5,12-13,17,32H2. The third-order valence-corrected chi connectivity index (χ3v) is 7.28. The van der Waals surface area contributed by atoms with Crippen LogP contribution in [-0.4, -0.2) is 20.7 Å². The molecule has 37 heavy (non-hydrogen) atoms. The largest absolute Gasteiger partial charge is 0.342 e. The van der Waals surface area contributed by atoms with Crippen molar-refractivity contribution in [3.05, 3.63) is 98.4 Å². The van der Waals surface area contributed by atoms with Gasteiger partial charge in [-0.3, -0.25) is 4.79 Å². The van der Waals surface area contributed by atoms with Crippen LogP contribution in [0, 0.1) is 11.3 Å². The summed E-state index contributed by atoms with van der Waals surface area (Å²) in [4.78, 5) is 18.7. The highest BCUT2D eigenvalue weighted by Gasteiger charge is 2.19. The zero-order chi connectivity index (χ0) is 25.9. The van der Waals surface area contributed by atoms with Gasteiger partial charge < -0.3 is 14.9 Å². The quantitative estimate of drug-likeness (QED) is 0.236. The molecule has 8 heteroatoms. The molecule has 6 nitrogen and oxygen atoms in total. The number of nitriles is 1. The summed E-state index contributed by atoms with van der Waals surface area (Å²) in [6.07, 6.45) is 4.62. The molecule has 2 N–H and O–H groups in total. The summed E-state index contributed by atoms with van der Waals surface area (Å²) in [5, 5.41) is 10.8. The molecule has 0 spiro atoms. The van der Waals surface area contributed by atoms with Crippen molar-refractivity contribution in [3.63, 3.8) is 0 Å². The predicted molar refractivity (Wildman–Crippen MR) is 150 cm³/mol. The molecule has 0 saturated carbocycles. The molecule has 0 aliphatic rings. The molecule has 0 aliphatic carbocycles. The molecule has 2 heterocycles. The third-order valence-electron chi connectivity index (χ3n) is 6.55. The Bertz CT molecular complexity index is 1700. The minimum atomic E-state index is -0.167. The van der Waals surface area contributed by atoms with Crippen LogP contribution in [0.3, 0.4) is 0 Å². The van der Waals surface area contributed by atoms with Crippen LogP contribution in [0.2, 0.25) is 10.0 Å². The molecule has 0 amide bonds. The van der Waals surface area contributed by atoms with Gasteiger partial charge in [-0.05, 0) is 55.3 Å². The molecule has 5 rings (SSSR count). The van der Waals surface area contributed by atoms with E-state index in [0.29, 0.717) is 52.0 Å². The first-order valence-electron chi connectivity index (χ1n) is 12.2. The van der Waals surface area contributed by atoms with Crippen molar-refractivity contribution >= 4 is 45.1 Å². The van der Waals surface area contributed by atoms with Gasteiger partial charge in [-0.1, -0.05) is 60.0 Å². The number of hydrogen-bond acceptors (Lipinski definition) is 4. The molecule has 186 valence electrons. The third kappa shape index (κ3) is 4.99. The summed E-state index contributed by atoms with van der Waals surface area (Å²) in [5.74, 6) is 0. The number of fused-ring (bicyclic) bond motifs is 2. The van der Waals surface area contributed by atoms with Crippen molar-refractivity contribution in [1.82, 2.24) is 14.1 Å². The average molecular weight is 530 g/mol. The fraction of sp³-hybridized carbons (Fsp3) is 0.207. The predicted octanol–water partition coefficient (Wildman–Crippen LogP) is 6.37. The number of unbranched alkanes of at least 4 members (excludes halogenated alkanes) is 2. The van der Waals surface area contributed by atoms with E-state index in [9.17, 15) is 4.79 Å². The summed E-state index contributed by atoms with van der Waals surface area (Å²) >= 11 is 12.7. The second kappa shape index (κ2) is 10.8. The lowest BCUT2D eigenvalue weighted by molar-refractivity contribution is 0.591. The fourth-order valence-corrected chi connectivity index (χ4v) is 4.99. The number of halogens is 2. The van der Waals surface area contributed by atoms with Crippen LogP contribution < -0.4 is 11.3 Å². The van der Waals surface area contributed by atoms with E-state index in [0.717, 1.165) is 41.3 Å². The smallest absolute Gasteiger partial charge is 0.277 e. The van der Waals surface area contributed by atoms with Gasteiger partial charge in [0.15, 0.2) is 0 Å². The molecular formula is C29H25Cl2N5O. The van der Waals surface area contributed by atoms with Crippen LogP contribution >= 0.6 is 23.2 Å². The molecule has 0 unspecified atom stereocenters. The second-order valence-electron chi connectivity index (χ2n) is 9.02. The molecule has 0 bridgehead atoms. The molecule has 3 aromatic carbocycles. The lowest BCUT2D eigenvalue weighted by Crippen LogP contribution is -2.24. The summed E-state index contributed by atoms with van der Waals surface area (Å²) in [6.45, 7) is 1.75. The summed E-state index contributed by atoms with van der Waals surface area (Å²) in [6, 6.07) is 21.1. The molecule has 0 aliphatic heterocycles. The Morgan fingerprint density at radius 2 is 1.70 bits per heavy atom. The number of hydrogen-bond donors (Lipinski definition) is 1. The number of aryl methyl sites for hydroxylation is 1. The molecule has 5 aromatic rings. The molecule has 2 aromatic heterocycles. The van der Waals surface area contributed by atoms with E-state index in [1.54, 1.807) is 16.7 Å². The lowest BCUT2D eigenvalue weighted by Gasteiger charge is -2.13. The van der Waals surface area contributed by atoms with Crippen LogP contribution in [0.4, 0.5) is 0 Å². The van der Waals surface area contributed by atoms with Crippen LogP contribution in [-0.2, 0) is 13.1 Å². The zero-order valence-electron chi connectivity index (χ0n) is 20.1. The summed E-state index contributed by atoms with van der Waals surface area (Å²) < 4.78 is 3.86. The molecule has 0 fully saturated rings. The van der Waals surface area contributed by atoms with E-state index in [2.05, 4.69) is 10.6 Å². The SMILES string of the molecule is N#Cc1ccc(Cn2cc(-c3nc4cc(Cl)c(Cl)cc4n(CCCCCN)c3=O)c3ccccc32)cc1. The van der Waals surface area contributed by atoms with E-state index in [1.165, 1.54) is 0 Å². The maximum atomic E-state index is 13.9. The highest BCUT2D eigenvalue weighted by Crippen LogP contribution is 2.32. The monoisotopic (exact) mass is 529 g/mol. The van der Waals surface area contributed by atoms with Crippen molar-refractivity contribution in [3.8, 4) is 17.3 Å². The normalized spacial score (nSPS) is 11.3.